The summed E-state index contributed by atoms with van der Waals surface area (Å²) in [7, 11) is 0. The van der Waals surface area contributed by atoms with Gasteiger partial charge in [-0.3, -0.25) is 9.59 Å². The standard InChI is InChI=1S/C19H24N2O3/c1-6-21(7-2)19(23)15-9-8-10-16(11-15)20-18(22)17-12(3)13(4)24-14(17)5/h8-11H,6-7H2,1-5H3,(H,20,22). The lowest BCUT2D eigenvalue weighted by atomic mass is 10.1. The summed E-state index contributed by atoms with van der Waals surface area (Å²) >= 11 is 0. The Bertz CT molecular complexity index is 758. The normalized spacial score (nSPS) is 10.5. The predicted molar refractivity (Wildman–Crippen MR) is 94.6 cm³/mol. The van der Waals surface area contributed by atoms with Crippen molar-refractivity contribution in [2.75, 3.05) is 18.4 Å². The van der Waals surface area contributed by atoms with Gasteiger partial charge >= 0.3 is 0 Å². The van der Waals surface area contributed by atoms with Crippen LogP contribution in [0.3, 0.4) is 0 Å². The smallest absolute Gasteiger partial charge is 0.259 e. The van der Waals surface area contributed by atoms with Gasteiger partial charge in [0.25, 0.3) is 11.8 Å². The summed E-state index contributed by atoms with van der Waals surface area (Å²) in [5.41, 5.74) is 2.54. The molecule has 2 amide bonds. The lowest BCUT2D eigenvalue weighted by molar-refractivity contribution is 0.0772. The van der Waals surface area contributed by atoms with E-state index in [1.165, 1.54) is 0 Å². The first-order valence-corrected chi connectivity index (χ1v) is 8.16. The summed E-state index contributed by atoms with van der Waals surface area (Å²) in [6.07, 6.45) is 0. The number of hydrogen-bond acceptors (Lipinski definition) is 3. The van der Waals surface area contributed by atoms with Crippen LogP contribution in [0.1, 0.15) is 51.6 Å². The zero-order chi connectivity index (χ0) is 17.9. The molecule has 1 aromatic heterocycles. The molecule has 0 radical (unpaired) electrons. The van der Waals surface area contributed by atoms with Gasteiger partial charge < -0.3 is 14.6 Å². The molecule has 0 unspecified atom stereocenters. The van der Waals surface area contributed by atoms with Crippen LogP contribution in [0.25, 0.3) is 0 Å². The number of anilines is 1. The zero-order valence-corrected chi connectivity index (χ0v) is 14.9. The van der Waals surface area contributed by atoms with E-state index in [9.17, 15) is 9.59 Å². The van der Waals surface area contributed by atoms with E-state index in [2.05, 4.69) is 5.32 Å². The number of carbonyl (C=O) groups excluding carboxylic acids is 2. The Morgan fingerprint density at radius 2 is 1.75 bits per heavy atom. The molecule has 2 rings (SSSR count). The van der Waals surface area contributed by atoms with E-state index in [0.717, 1.165) is 11.3 Å². The third-order valence-electron chi connectivity index (χ3n) is 4.21. The Morgan fingerprint density at radius 1 is 1.08 bits per heavy atom. The molecule has 0 aliphatic heterocycles. The minimum absolute atomic E-state index is 0.0392. The second-order valence-corrected chi connectivity index (χ2v) is 5.73. The lowest BCUT2D eigenvalue weighted by Gasteiger charge is -2.19. The second kappa shape index (κ2) is 7.34. The molecule has 0 fully saturated rings. The Morgan fingerprint density at radius 3 is 2.29 bits per heavy atom. The molecule has 0 spiro atoms. The van der Waals surface area contributed by atoms with Gasteiger partial charge in [0, 0.05) is 29.9 Å². The average Bonchev–Trinajstić information content (AvgIpc) is 2.81. The number of aryl methyl sites for hydroxylation is 2. The first kappa shape index (κ1) is 17.8. The number of furan rings is 1. The van der Waals surface area contributed by atoms with Crippen molar-refractivity contribution in [3.8, 4) is 0 Å². The monoisotopic (exact) mass is 328 g/mol. The molecule has 0 atom stereocenters. The molecule has 0 saturated heterocycles. The van der Waals surface area contributed by atoms with Crippen molar-refractivity contribution in [1.29, 1.82) is 0 Å². The maximum Gasteiger partial charge on any atom is 0.259 e. The summed E-state index contributed by atoms with van der Waals surface area (Å²) in [5, 5.41) is 2.85. The van der Waals surface area contributed by atoms with Crippen LogP contribution in [0, 0.1) is 20.8 Å². The highest BCUT2D eigenvalue weighted by molar-refractivity contribution is 6.06. The van der Waals surface area contributed by atoms with Crippen molar-refractivity contribution in [2.45, 2.75) is 34.6 Å². The predicted octanol–water partition coefficient (Wildman–Crippen LogP) is 3.94. The Kier molecular flexibility index (Phi) is 5.44. The highest BCUT2D eigenvalue weighted by atomic mass is 16.3. The maximum absolute atomic E-state index is 12.5. The van der Waals surface area contributed by atoms with Crippen LogP contribution in [0.5, 0.6) is 0 Å². The minimum Gasteiger partial charge on any atom is -0.466 e. The average molecular weight is 328 g/mol. The molecule has 1 heterocycles. The van der Waals surface area contributed by atoms with E-state index >= 15 is 0 Å². The number of nitrogens with zero attached hydrogens (tertiary/aromatic N) is 1. The van der Waals surface area contributed by atoms with Crippen LogP contribution in [-0.4, -0.2) is 29.8 Å². The molecular formula is C19H24N2O3. The van der Waals surface area contributed by atoms with Crippen LogP contribution in [0.2, 0.25) is 0 Å². The molecule has 0 aliphatic rings. The van der Waals surface area contributed by atoms with Gasteiger partial charge in [0.2, 0.25) is 0 Å². The SMILES string of the molecule is CCN(CC)C(=O)c1cccc(NC(=O)c2c(C)oc(C)c2C)c1. The van der Waals surface area contributed by atoms with Crippen LogP contribution >= 0.6 is 0 Å². The molecule has 128 valence electrons. The molecular weight excluding hydrogens is 304 g/mol. The van der Waals surface area contributed by atoms with Gasteiger partial charge in [0.15, 0.2) is 0 Å². The van der Waals surface area contributed by atoms with Gasteiger partial charge in [-0.2, -0.15) is 0 Å². The topological polar surface area (TPSA) is 62.6 Å². The lowest BCUT2D eigenvalue weighted by Crippen LogP contribution is -2.30. The first-order valence-electron chi connectivity index (χ1n) is 8.16. The van der Waals surface area contributed by atoms with E-state index in [1.807, 2.05) is 27.7 Å². The number of rotatable bonds is 5. The first-order chi connectivity index (χ1) is 11.4. The van der Waals surface area contributed by atoms with Crippen LogP contribution in [0.15, 0.2) is 28.7 Å². The van der Waals surface area contributed by atoms with Crippen molar-refractivity contribution in [3.63, 3.8) is 0 Å². The summed E-state index contributed by atoms with van der Waals surface area (Å²) in [5.74, 6) is 1.07. The Hall–Kier alpha value is -2.56. The van der Waals surface area contributed by atoms with Crippen molar-refractivity contribution in [3.05, 3.63) is 52.5 Å². The van der Waals surface area contributed by atoms with E-state index in [4.69, 9.17) is 4.42 Å². The van der Waals surface area contributed by atoms with Crippen LogP contribution in [0.4, 0.5) is 5.69 Å². The van der Waals surface area contributed by atoms with Gasteiger partial charge in [-0.25, -0.2) is 0 Å². The number of benzene rings is 1. The fraction of sp³-hybridized carbons (Fsp3) is 0.368. The molecule has 0 saturated carbocycles. The number of hydrogen-bond donors (Lipinski definition) is 1. The van der Waals surface area contributed by atoms with Crippen molar-refractivity contribution >= 4 is 17.5 Å². The fourth-order valence-corrected chi connectivity index (χ4v) is 2.74. The summed E-state index contributed by atoms with van der Waals surface area (Å²) < 4.78 is 5.51. The summed E-state index contributed by atoms with van der Waals surface area (Å²) in [4.78, 5) is 26.7. The maximum atomic E-state index is 12.5. The van der Waals surface area contributed by atoms with Gasteiger partial charge in [-0.15, -0.1) is 0 Å². The highest BCUT2D eigenvalue weighted by Crippen LogP contribution is 2.22. The minimum atomic E-state index is -0.228. The summed E-state index contributed by atoms with van der Waals surface area (Å²) in [6, 6.07) is 7.01. The van der Waals surface area contributed by atoms with Gasteiger partial charge in [0.1, 0.15) is 11.5 Å². The Balaban J connectivity index is 2.23. The van der Waals surface area contributed by atoms with E-state index < -0.39 is 0 Å². The zero-order valence-electron chi connectivity index (χ0n) is 14.9. The van der Waals surface area contributed by atoms with E-state index in [-0.39, 0.29) is 11.8 Å². The van der Waals surface area contributed by atoms with Crippen molar-refractivity contribution in [2.24, 2.45) is 0 Å². The number of nitrogens with one attached hydrogen (secondary N) is 1. The molecule has 24 heavy (non-hydrogen) atoms. The van der Waals surface area contributed by atoms with E-state index in [0.29, 0.717) is 35.7 Å². The fourth-order valence-electron chi connectivity index (χ4n) is 2.74. The third-order valence-corrected chi connectivity index (χ3v) is 4.21. The largest absolute Gasteiger partial charge is 0.466 e. The molecule has 1 aromatic carbocycles. The van der Waals surface area contributed by atoms with Gasteiger partial charge in [-0.05, 0) is 52.8 Å². The van der Waals surface area contributed by atoms with Crippen LogP contribution in [-0.2, 0) is 0 Å². The summed E-state index contributed by atoms with van der Waals surface area (Å²) in [6.45, 7) is 10.7. The van der Waals surface area contributed by atoms with Crippen molar-refractivity contribution in [1.82, 2.24) is 4.90 Å². The molecule has 2 aromatic rings. The third kappa shape index (κ3) is 3.50. The quantitative estimate of drug-likeness (QED) is 0.904. The molecule has 5 nitrogen and oxygen atoms in total. The molecule has 1 N–H and O–H groups in total. The highest BCUT2D eigenvalue weighted by Gasteiger charge is 2.19. The van der Waals surface area contributed by atoms with Crippen LogP contribution < -0.4 is 5.32 Å². The van der Waals surface area contributed by atoms with Crippen molar-refractivity contribution < 1.29 is 14.0 Å². The Labute approximate surface area is 142 Å². The molecule has 0 bridgehead atoms. The molecule has 5 heteroatoms. The number of amides is 2. The second-order valence-electron chi connectivity index (χ2n) is 5.73. The molecule has 0 aliphatic carbocycles. The number of carbonyl (C=O) groups is 2. The van der Waals surface area contributed by atoms with E-state index in [1.54, 1.807) is 36.1 Å². The van der Waals surface area contributed by atoms with Gasteiger partial charge in [-0.1, -0.05) is 6.07 Å². The van der Waals surface area contributed by atoms with Gasteiger partial charge in [0.05, 0.1) is 5.56 Å².